The van der Waals surface area contributed by atoms with Gasteiger partial charge < -0.3 is 8.23 Å². The lowest BCUT2D eigenvalue weighted by molar-refractivity contribution is 0.382. The predicted molar refractivity (Wildman–Crippen MR) is 75.7 cm³/mol. The second kappa shape index (κ2) is 4.83. The van der Waals surface area contributed by atoms with Gasteiger partial charge in [0.05, 0.1) is 0 Å². The summed E-state index contributed by atoms with van der Waals surface area (Å²) in [5, 5.41) is 0.277. The molecule has 0 aromatic rings. The van der Waals surface area contributed by atoms with Crippen molar-refractivity contribution in [2.45, 2.75) is 65.1 Å². The van der Waals surface area contributed by atoms with Crippen LogP contribution in [-0.4, -0.2) is 25.9 Å². The predicted octanol–water partition coefficient (Wildman–Crippen LogP) is 3.71. The average Bonchev–Trinajstić information content (AvgIpc) is 1.75. The highest BCUT2D eigenvalue weighted by atomic mass is 28.5. The third kappa shape index (κ3) is 5.44. The molecule has 0 aromatic heterocycles. The summed E-state index contributed by atoms with van der Waals surface area (Å²) in [5.41, 5.74) is 0. The van der Waals surface area contributed by atoms with E-state index in [0.717, 1.165) is 0 Å². The van der Waals surface area contributed by atoms with E-state index >= 15 is 0 Å². The molecule has 0 unspecified atom stereocenters. The Morgan fingerprint density at radius 1 is 0.933 bits per heavy atom. The summed E-state index contributed by atoms with van der Waals surface area (Å²) < 4.78 is 12.4. The lowest BCUT2D eigenvalue weighted by Gasteiger charge is -2.42. The Balaban J connectivity index is 4.57. The van der Waals surface area contributed by atoms with Crippen LogP contribution in [0, 0.1) is 0 Å². The van der Waals surface area contributed by atoms with E-state index in [1.165, 1.54) is 0 Å². The molecule has 0 saturated carbocycles. The van der Waals surface area contributed by atoms with Gasteiger partial charge in [-0.15, -0.1) is 0 Å². The Kier molecular flexibility index (Phi) is 5.01. The van der Waals surface area contributed by atoms with Crippen LogP contribution in [0.5, 0.6) is 0 Å². The zero-order valence-corrected chi connectivity index (χ0v) is 15.0. The van der Waals surface area contributed by atoms with Crippen molar-refractivity contribution >= 4 is 25.9 Å². The molecule has 0 N–H and O–H groups in total. The summed E-state index contributed by atoms with van der Waals surface area (Å²) in [4.78, 5) is 0. The molecule has 0 radical (unpaired) electrons. The van der Waals surface area contributed by atoms with Gasteiger partial charge in [-0.05, 0) is 44.3 Å². The fourth-order valence-corrected chi connectivity index (χ4v) is 12.7. The minimum Gasteiger partial charge on any atom is -0.440 e. The van der Waals surface area contributed by atoms with E-state index in [2.05, 4.69) is 60.1 Å². The Morgan fingerprint density at radius 3 is 1.60 bits per heavy atom. The highest BCUT2D eigenvalue weighted by molar-refractivity contribution is 6.85. The summed E-state index contributed by atoms with van der Waals surface area (Å²) >= 11 is 0. The van der Waals surface area contributed by atoms with Crippen LogP contribution in [0.4, 0.5) is 0 Å². The van der Waals surface area contributed by atoms with Crippen LogP contribution in [0.25, 0.3) is 0 Å². The molecule has 0 bridgehead atoms. The van der Waals surface area contributed by atoms with Crippen LogP contribution in [0.15, 0.2) is 0 Å². The first-order valence-corrected chi connectivity index (χ1v) is 14.3. The standard InChI is InChI=1S/C10H28O2Si3/c1-10(2,3)14(6,7)12-15(8,9)11-13(4)5/h13H,1-9H3. The highest BCUT2D eigenvalue weighted by Crippen LogP contribution is 2.38. The van der Waals surface area contributed by atoms with Gasteiger partial charge in [0.25, 0.3) is 0 Å². The molecule has 0 fully saturated rings. The highest BCUT2D eigenvalue weighted by Gasteiger charge is 2.42. The molecule has 2 nitrogen and oxygen atoms in total. The van der Waals surface area contributed by atoms with Crippen LogP contribution in [-0.2, 0) is 8.23 Å². The molecule has 0 aliphatic carbocycles. The Morgan fingerprint density at radius 2 is 1.33 bits per heavy atom. The fraction of sp³-hybridized carbons (Fsp3) is 1.00. The van der Waals surface area contributed by atoms with Crippen molar-refractivity contribution in [3.63, 3.8) is 0 Å². The first kappa shape index (κ1) is 15.6. The first-order chi connectivity index (χ1) is 6.37. The van der Waals surface area contributed by atoms with Crippen molar-refractivity contribution in [3.8, 4) is 0 Å². The third-order valence-electron chi connectivity index (χ3n) is 2.83. The van der Waals surface area contributed by atoms with Crippen molar-refractivity contribution < 1.29 is 8.23 Å². The summed E-state index contributed by atoms with van der Waals surface area (Å²) in [6, 6.07) is 0. The number of rotatable bonds is 4. The van der Waals surface area contributed by atoms with E-state index in [0.29, 0.717) is 0 Å². The molecule has 0 saturated heterocycles. The van der Waals surface area contributed by atoms with E-state index < -0.39 is 25.9 Å². The monoisotopic (exact) mass is 264 g/mol. The molecular weight excluding hydrogens is 236 g/mol. The SMILES string of the molecule is C[SiH](C)O[Si](C)(C)O[Si](C)(C)C(C)(C)C. The molecule has 0 spiro atoms. The van der Waals surface area contributed by atoms with E-state index in [1.54, 1.807) is 0 Å². The first-order valence-electron chi connectivity index (χ1n) is 5.75. The molecule has 0 aliphatic heterocycles. The van der Waals surface area contributed by atoms with Gasteiger partial charge in [0.1, 0.15) is 0 Å². The minimum atomic E-state index is -1.89. The van der Waals surface area contributed by atoms with Gasteiger partial charge >= 0.3 is 8.56 Å². The lowest BCUT2D eigenvalue weighted by Crippen LogP contribution is -2.52. The van der Waals surface area contributed by atoms with Crippen molar-refractivity contribution in [1.29, 1.82) is 0 Å². The largest absolute Gasteiger partial charge is 0.440 e. The smallest absolute Gasteiger partial charge is 0.310 e. The van der Waals surface area contributed by atoms with Gasteiger partial charge in [-0.1, -0.05) is 20.8 Å². The summed E-state index contributed by atoms with van der Waals surface area (Å²) in [7, 11) is -4.52. The Hall–Kier alpha value is 0.571. The fourth-order valence-electron chi connectivity index (χ4n) is 1.36. The second-order valence-corrected chi connectivity index (χ2v) is 17.6. The van der Waals surface area contributed by atoms with E-state index in [9.17, 15) is 0 Å². The molecular formula is C10H28O2Si3. The maximum Gasteiger partial charge on any atom is 0.310 e. The van der Waals surface area contributed by atoms with Crippen LogP contribution < -0.4 is 0 Å². The lowest BCUT2D eigenvalue weighted by atomic mass is 10.2. The second-order valence-electron chi connectivity index (χ2n) is 6.43. The Bertz CT molecular complexity index is 207. The summed E-state index contributed by atoms with van der Waals surface area (Å²) in [5.74, 6) is 0. The number of hydrogen-bond donors (Lipinski definition) is 0. The van der Waals surface area contributed by atoms with Gasteiger partial charge in [0.2, 0.25) is 0 Å². The average molecular weight is 265 g/mol. The molecule has 0 rings (SSSR count). The van der Waals surface area contributed by atoms with Crippen molar-refractivity contribution in [1.82, 2.24) is 0 Å². The molecule has 0 amide bonds. The molecule has 5 heteroatoms. The maximum atomic E-state index is 6.39. The zero-order valence-electron chi connectivity index (χ0n) is 11.9. The van der Waals surface area contributed by atoms with Crippen molar-refractivity contribution in [2.24, 2.45) is 0 Å². The minimum absolute atomic E-state index is 0.277. The van der Waals surface area contributed by atoms with Crippen LogP contribution in [0.3, 0.4) is 0 Å². The van der Waals surface area contributed by atoms with E-state index in [-0.39, 0.29) is 5.04 Å². The van der Waals surface area contributed by atoms with Crippen molar-refractivity contribution in [3.05, 3.63) is 0 Å². The Labute approximate surface area is 99.5 Å². The summed E-state index contributed by atoms with van der Waals surface area (Å²) in [6.07, 6.45) is 0. The van der Waals surface area contributed by atoms with Crippen LogP contribution in [0.1, 0.15) is 20.8 Å². The van der Waals surface area contributed by atoms with E-state index in [4.69, 9.17) is 8.23 Å². The van der Waals surface area contributed by atoms with Gasteiger partial charge in [0.15, 0.2) is 17.4 Å². The van der Waals surface area contributed by atoms with Crippen molar-refractivity contribution in [2.75, 3.05) is 0 Å². The quantitative estimate of drug-likeness (QED) is 0.721. The summed E-state index contributed by atoms with van der Waals surface area (Å²) in [6.45, 7) is 20.2. The van der Waals surface area contributed by atoms with Crippen LogP contribution in [0.2, 0.25) is 44.3 Å². The molecule has 0 heterocycles. The van der Waals surface area contributed by atoms with Gasteiger partial charge in [-0.3, -0.25) is 0 Å². The topological polar surface area (TPSA) is 18.5 Å². The van der Waals surface area contributed by atoms with Gasteiger partial charge in [0, 0.05) is 0 Å². The molecule has 15 heavy (non-hydrogen) atoms. The molecule has 0 aliphatic rings. The van der Waals surface area contributed by atoms with Crippen LogP contribution >= 0.6 is 0 Å². The third-order valence-corrected chi connectivity index (χ3v) is 14.6. The molecule has 92 valence electrons. The zero-order chi connectivity index (χ0) is 12.5. The normalized spacial score (nSPS) is 14.8. The van der Waals surface area contributed by atoms with Gasteiger partial charge in [-0.2, -0.15) is 0 Å². The molecule has 0 atom stereocenters. The molecule has 0 aromatic carbocycles. The maximum absolute atomic E-state index is 6.39. The van der Waals surface area contributed by atoms with E-state index in [1.807, 2.05) is 0 Å². The number of hydrogen-bond acceptors (Lipinski definition) is 2. The van der Waals surface area contributed by atoms with Gasteiger partial charge in [-0.25, -0.2) is 0 Å².